The van der Waals surface area contributed by atoms with Gasteiger partial charge in [-0.25, -0.2) is 9.59 Å². The topological polar surface area (TPSA) is 76.5 Å². The van der Waals surface area contributed by atoms with Crippen molar-refractivity contribution in [2.24, 2.45) is 0 Å². The molecule has 1 aliphatic heterocycles. The van der Waals surface area contributed by atoms with E-state index < -0.39 is 5.97 Å². The number of aromatic nitrogens is 2. The van der Waals surface area contributed by atoms with Crippen LogP contribution in [0.2, 0.25) is 0 Å². The molecule has 0 radical (unpaired) electrons. The van der Waals surface area contributed by atoms with Crippen molar-refractivity contribution in [1.29, 1.82) is 0 Å². The first-order valence-electron chi connectivity index (χ1n) is 8.41. The zero-order chi connectivity index (χ0) is 17.8. The second kappa shape index (κ2) is 7.38. The molecule has 1 fully saturated rings. The quantitative estimate of drug-likeness (QED) is 0.867. The number of esters is 1. The van der Waals surface area contributed by atoms with E-state index in [0.717, 1.165) is 25.1 Å². The number of likely N-dealkylation sites (tertiary alicyclic amines) is 1. The number of hydrogen-bond acceptors (Lipinski definition) is 4. The van der Waals surface area contributed by atoms with E-state index in [2.05, 4.69) is 15.2 Å². The van der Waals surface area contributed by atoms with Gasteiger partial charge in [0, 0.05) is 25.0 Å². The first kappa shape index (κ1) is 17.0. The third-order valence-electron chi connectivity index (χ3n) is 4.46. The molecule has 0 aliphatic carbocycles. The minimum atomic E-state index is -0.398. The van der Waals surface area contributed by atoms with Gasteiger partial charge in [0.05, 0.1) is 24.4 Å². The SMILES string of the molecule is CCn1nccc1C1CCCN1C(=O)Nc1ccc(C(=O)OC)cc1. The van der Waals surface area contributed by atoms with Crippen molar-refractivity contribution in [1.82, 2.24) is 14.7 Å². The summed E-state index contributed by atoms with van der Waals surface area (Å²) < 4.78 is 6.60. The van der Waals surface area contributed by atoms with Crippen molar-refractivity contribution in [3.05, 3.63) is 47.8 Å². The number of benzene rings is 1. The number of carbonyl (C=O) groups is 2. The molecule has 132 valence electrons. The highest BCUT2D eigenvalue weighted by Crippen LogP contribution is 2.32. The first-order chi connectivity index (χ1) is 12.1. The molecule has 1 aromatic heterocycles. The number of ether oxygens (including phenoxy) is 1. The van der Waals surface area contributed by atoms with Gasteiger partial charge in [0.2, 0.25) is 0 Å². The summed E-state index contributed by atoms with van der Waals surface area (Å²) in [6.07, 6.45) is 3.67. The molecule has 7 nitrogen and oxygen atoms in total. The van der Waals surface area contributed by atoms with Gasteiger partial charge >= 0.3 is 12.0 Å². The van der Waals surface area contributed by atoms with Crippen LogP contribution in [0.3, 0.4) is 0 Å². The monoisotopic (exact) mass is 342 g/mol. The molecule has 7 heteroatoms. The highest BCUT2D eigenvalue weighted by molar-refractivity contribution is 5.92. The smallest absolute Gasteiger partial charge is 0.337 e. The Morgan fingerprint density at radius 3 is 2.72 bits per heavy atom. The van der Waals surface area contributed by atoms with Crippen LogP contribution in [0.15, 0.2) is 36.5 Å². The van der Waals surface area contributed by atoms with Gasteiger partial charge in [-0.15, -0.1) is 0 Å². The molecule has 1 aromatic carbocycles. The summed E-state index contributed by atoms with van der Waals surface area (Å²) in [4.78, 5) is 26.0. The maximum absolute atomic E-state index is 12.7. The molecule has 2 heterocycles. The van der Waals surface area contributed by atoms with Gasteiger partial charge < -0.3 is 15.0 Å². The fraction of sp³-hybridized carbons (Fsp3) is 0.389. The Kier molecular flexibility index (Phi) is 5.02. The number of carbonyl (C=O) groups excluding carboxylic acids is 2. The molecule has 2 aromatic rings. The molecule has 0 spiro atoms. The second-order valence-electron chi connectivity index (χ2n) is 5.92. The normalized spacial score (nSPS) is 16.7. The summed E-state index contributed by atoms with van der Waals surface area (Å²) in [7, 11) is 1.34. The van der Waals surface area contributed by atoms with Crippen LogP contribution >= 0.6 is 0 Å². The third kappa shape index (κ3) is 3.50. The zero-order valence-corrected chi connectivity index (χ0v) is 14.4. The summed E-state index contributed by atoms with van der Waals surface area (Å²) in [5.74, 6) is -0.398. The molecule has 1 unspecified atom stereocenters. The average molecular weight is 342 g/mol. The summed E-state index contributed by atoms with van der Waals surface area (Å²) in [6.45, 7) is 3.54. The average Bonchev–Trinajstić information content (AvgIpc) is 3.29. The molecule has 1 saturated heterocycles. The molecule has 0 bridgehead atoms. The van der Waals surface area contributed by atoms with Crippen LogP contribution in [0.5, 0.6) is 0 Å². The van der Waals surface area contributed by atoms with Crippen LogP contribution in [-0.4, -0.2) is 40.3 Å². The minimum Gasteiger partial charge on any atom is -0.465 e. The van der Waals surface area contributed by atoms with E-state index in [-0.39, 0.29) is 12.1 Å². The highest BCUT2D eigenvalue weighted by Gasteiger charge is 2.32. The third-order valence-corrected chi connectivity index (χ3v) is 4.46. The maximum Gasteiger partial charge on any atom is 0.337 e. The Hall–Kier alpha value is -2.83. The number of methoxy groups -OCH3 is 1. The van der Waals surface area contributed by atoms with E-state index >= 15 is 0 Å². The predicted molar refractivity (Wildman–Crippen MR) is 93.4 cm³/mol. The van der Waals surface area contributed by atoms with Crippen LogP contribution in [0.1, 0.15) is 41.9 Å². The first-order valence-corrected chi connectivity index (χ1v) is 8.41. The number of nitrogens with one attached hydrogen (secondary N) is 1. The van der Waals surface area contributed by atoms with Gasteiger partial charge in [0.1, 0.15) is 0 Å². The lowest BCUT2D eigenvalue weighted by Crippen LogP contribution is -2.35. The molecular formula is C18H22N4O3. The van der Waals surface area contributed by atoms with Gasteiger partial charge in [-0.3, -0.25) is 4.68 Å². The largest absolute Gasteiger partial charge is 0.465 e. The Labute approximate surface area is 146 Å². The lowest BCUT2D eigenvalue weighted by Gasteiger charge is -2.25. The maximum atomic E-state index is 12.7. The Bertz CT molecular complexity index is 754. The van der Waals surface area contributed by atoms with Crippen LogP contribution < -0.4 is 5.32 Å². The number of urea groups is 1. The van der Waals surface area contributed by atoms with E-state index in [1.165, 1.54) is 7.11 Å². The minimum absolute atomic E-state index is 0.0387. The van der Waals surface area contributed by atoms with Gasteiger partial charge in [0.15, 0.2) is 0 Å². The van der Waals surface area contributed by atoms with Gasteiger partial charge in [0.25, 0.3) is 0 Å². The Morgan fingerprint density at radius 1 is 1.28 bits per heavy atom. The number of hydrogen-bond donors (Lipinski definition) is 1. The Balaban J connectivity index is 1.71. The molecule has 1 N–H and O–H groups in total. The number of rotatable bonds is 4. The van der Waals surface area contributed by atoms with E-state index in [9.17, 15) is 9.59 Å². The van der Waals surface area contributed by atoms with Crippen LogP contribution in [-0.2, 0) is 11.3 Å². The van der Waals surface area contributed by atoms with E-state index in [1.807, 2.05) is 22.6 Å². The number of nitrogens with zero attached hydrogens (tertiary/aromatic N) is 3. The van der Waals surface area contributed by atoms with Crippen molar-refractivity contribution in [3.63, 3.8) is 0 Å². The molecule has 3 rings (SSSR count). The molecule has 2 amide bonds. The Morgan fingerprint density at radius 2 is 2.04 bits per heavy atom. The number of amides is 2. The van der Waals surface area contributed by atoms with Crippen LogP contribution in [0.25, 0.3) is 0 Å². The van der Waals surface area contributed by atoms with Crippen molar-refractivity contribution in [3.8, 4) is 0 Å². The standard InChI is InChI=1S/C18H22N4O3/c1-3-22-16(10-11-19-22)15-5-4-12-21(15)18(24)20-14-8-6-13(7-9-14)17(23)25-2/h6-11,15H,3-5,12H2,1-2H3,(H,20,24). The van der Waals surface area contributed by atoms with E-state index in [1.54, 1.807) is 30.5 Å². The summed E-state index contributed by atoms with van der Waals surface area (Å²) in [5.41, 5.74) is 2.16. The lowest BCUT2D eigenvalue weighted by molar-refractivity contribution is 0.0600. The van der Waals surface area contributed by atoms with Crippen LogP contribution in [0.4, 0.5) is 10.5 Å². The van der Waals surface area contributed by atoms with E-state index in [4.69, 9.17) is 0 Å². The summed E-state index contributed by atoms with van der Waals surface area (Å²) >= 11 is 0. The van der Waals surface area contributed by atoms with Gasteiger partial charge in [-0.1, -0.05) is 0 Å². The second-order valence-corrected chi connectivity index (χ2v) is 5.92. The van der Waals surface area contributed by atoms with Crippen LogP contribution in [0, 0.1) is 0 Å². The highest BCUT2D eigenvalue weighted by atomic mass is 16.5. The molecule has 1 atom stereocenters. The fourth-order valence-corrected chi connectivity index (χ4v) is 3.21. The van der Waals surface area contributed by atoms with Crippen molar-refractivity contribution in [2.75, 3.05) is 19.0 Å². The van der Waals surface area contributed by atoms with Crippen molar-refractivity contribution < 1.29 is 14.3 Å². The zero-order valence-electron chi connectivity index (χ0n) is 14.4. The molecule has 0 saturated carbocycles. The van der Waals surface area contributed by atoms with Gasteiger partial charge in [-0.2, -0.15) is 5.10 Å². The van der Waals surface area contributed by atoms with Gasteiger partial charge in [-0.05, 0) is 50.1 Å². The summed E-state index contributed by atoms with van der Waals surface area (Å²) in [6, 6.07) is 8.54. The molecular weight excluding hydrogens is 320 g/mol. The predicted octanol–water partition coefficient (Wildman–Crippen LogP) is 3.06. The summed E-state index contributed by atoms with van der Waals surface area (Å²) in [5, 5.41) is 7.21. The molecule has 25 heavy (non-hydrogen) atoms. The fourth-order valence-electron chi connectivity index (χ4n) is 3.21. The van der Waals surface area contributed by atoms with Crippen molar-refractivity contribution in [2.45, 2.75) is 32.4 Å². The number of anilines is 1. The lowest BCUT2D eigenvalue weighted by atomic mass is 10.1. The number of aryl methyl sites for hydroxylation is 1. The van der Waals surface area contributed by atoms with Crippen molar-refractivity contribution >= 4 is 17.7 Å². The van der Waals surface area contributed by atoms with E-state index in [0.29, 0.717) is 17.8 Å². The molecule has 1 aliphatic rings.